The van der Waals surface area contributed by atoms with Gasteiger partial charge in [0.2, 0.25) is 0 Å². The monoisotopic (exact) mass is 276 g/mol. The maximum absolute atomic E-state index is 11.9. The third-order valence-corrected chi connectivity index (χ3v) is 3.54. The molecule has 1 aromatic heterocycles. The summed E-state index contributed by atoms with van der Waals surface area (Å²) in [4.78, 5) is 19.3. The van der Waals surface area contributed by atoms with Crippen molar-refractivity contribution in [3.05, 3.63) is 50.5 Å². The van der Waals surface area contributed by atoms with Gasteiger partial charge in [-0.15, -0.1) is 0 Å². The standard InChI is InChI=1S/C15H17ClN2O/c1-4-5-13-17-14(10(3)15(19)18-13)11-7-6-9(2)12(16)8-11/h6-8H,4-5H2,1-3H3,(H,17,18,19). The van der Waals surface area contributed by atoms with Gasteiger partial charge in [0.05, 0.1) is 5.69 Å². The number of hydrogen-bond donors (Lipinski definition) is 1. The fourth-order valence-electron chi connectivity index (χ4n) is 1.96. The summed E-state index contributed by atoms with van der Waals surface area (Å²) in [5.41, 5.74) is 3.16. The molecule has 4 heteroatoms. The fourth-order valence-corrected chi connectivity index (χ4v) is 2.14. The molecule has 0 bridgehead atoms. The highest BCUT2D eigenvalue weighted by Gasteiger charge is 2.10. The van der Waals surface area contributed by atoms with E-state index in [1.54, 1.807) is 6.92 Å². The highest BCUT2D eigenvalue weighted by Crippen LogP contribution is 2.25. The number of aromatic amines is 1. The highest BCUT2D eigenvalue weighted by atomic mass is 35.5. The molecule has 0 fully saturated rings. The second kappa shape index (κ2) is 5.57. The fraction of sp³-hybridized carbons (Fsp3) is 0.333. The Balaban J connectivity index is 2.60. The number of halogens is 1. The average Bonchev–Trinajstić information content (AvgIpc) is 2.37. The van der Waals surface area contributed by atoms with Crippen LogP contribution in [0.2, 0.25) is 5.02 Å². The summed E-state index contributed by atoms with van der Waals surface area (Å²) in [5.74, 6) is 0.727. The number of H-pyrrole nitrogens is 1. The Labute approximate surface area is 117 Å². The van der Waals surface area contributed by atoms with Gasteiger partial charge in [0.15, 0.2) is 0 Å². The normalized spacial score (nSPS) is 10.7. The highest BCUT2D eigenvalue weighted by molar-refractivity contribution is 6.31. The first-order valence-electron chi connectivity index (χ1n) is 6.39. The Bertz CT molecular complexity index is 662. The summed E-state index contributed by atoms with van der Waals surface area (Å²) in [7, 11) is 0. The van der Waals surface area contributed by atoms with Gasteiger partial charge in [-0.25, -0.2) is 4.98 Å². The van der Waals surface area contributed by atoms with E-state index < -0.39 is 0 Å². The predicted octanol–water partition coefficient (Wildman–Crippen LogP) is 3.66. The van der Waals surface area contributed by atoms with Crippen LogP contribution < -0.4 is 5.56 Å². The number of hydrogen-bond acceptors (Lipinski definition) is 2. The zero-order valence-corrected chi connectivity index (χ0v) is 12.1. The van der Waals surface area contributed by atoms with E-state index in [1.807, 2.05) is 25.1 Å². The van der Waals surface area contributed by atoms with Gasteiger partial charge in [-0.1, -0.05) is 30.7 Å². The molecule has 3 nitrogen and oxygen atoms in total. The largest absolute Gasteiger partial charge is 0.310 e. The molecule has 0 saturated carbocycles. The smallest absolute Gasteiger partial charge is 0.254 e. The number of aromatic nitrogens is 2. The van der Waals surface area contributed by atoms with Gasteiger partial charge in [0.25, 0.3) is 5.56 Å². The molecule has 0 aliphatic carbocycles. The van der Waals surface area contributed by atoms with E-state index in [-0.39, 0.29) is 5.56 Å². The first kappa shape index (κ1) is 13.8. The van der Waals surface area contributed by atoms with Crippen LogP contribution >= 0.6 is 11.6 Å². The van der Waals surface area contributed by atoms with Crippen molar-refractivity contribution in [1.29, 1.82) is 0 Å². The minimum absolute atomic E-state index is 0.0786. The maximum Gasteiger partial charge on any atom is 0.254 e. The van der Waals surface area contributed by atoms with Crippen LogP contribution in [0.25, 0.3) is 11.3 Å². The lowest BCUT2D eigenvalue weighted by Gasteiger charge is -2.08. The molecule has 0 atom stereocenters. The van der Waals surface area contributed by atoms with Crippen molar-refractivity contribution in [2.45, 2.75) is 33.6 Å². The minimum atomic E-state index is -0.0786. The third-order valence-electron chi connectivity index (χ3n) is 3.13. The number of rotatable bonds is 3. The number of benzene rings is 1. The predicted molar refractivity (Wildman–Crippen MR) is 78.8 cm³/mol. The Hall–Kier alpha value is -1.61. The van der Waals surface area contributed by atoms with Crippen molar-refractivity contribution in [2.75, 3.05) is 0 Å². The summed E-state index contributed by atoms with van der Waals surface area (Å²) < 4.78 is 0. The molecule has 0 unspecified atom stereocenters. The minimum Gasteiger partial charge on any atom is -0.310 e. The Morgan fingerprint density at radius 2 is 2.05 bits per heavy atom. The molecule has 100 valence electrons. The molecule has 0 amide bonds. The van der Waals surface area contributed by atoms with Gasteiger partial charge in [-0.05, 0) is 31.9 Å². The van der Waals surface area contributed by atoms with Gasteiger partial charge >= 0.3 is 0 Å². The first-order valence-corrected chi connectivity index (χ1v) is 6.77. The van der Waals surface area contributed by atoms with E-state index >= 15 is 0 Å². The molecular weight excluding hydrogens is 260 g/mol. The summed E-state index contributed by atoms with van der Waals surface area (Å²) in [6, 6.07) is 5.76. The van der Waals surface area contributed by atoms with Crippen molar-refractivity contribution >= 4 is 11.6 Å². The van der Waals surface area contributed by atoms with Crippen molar-refractivity contribution in [2.24, 2.45) is 0 Å². The van der Waals surface area contributed by atoms with Crippen molar-refractivity contribution < 1.29 is 0 Å². The van der Waals surface area contributed by atoms with Crippen LogP contribution in [0, 0.1) is 13.8 Å². The molecule has 0 spiro atoms. The number of aryl methyl sites for hydroxylation is 2. The van der Waals surface area contributed by atoms with Gasteiger partial charge in [0.1, 0.15) is 5.82 Å². The Morgan fingerprint density at radius 1 is 1.32 bits per heavy atom. The van der Waals surface area contributed by atoms with Crippen LogP contribution in [0.15, 0.2) is 23.0 Å². The Kier molecular flexibility index (Phi) is 4.05. The summed E-state index contributed by atoms with van der Waals surface area (Å²) in [6.45, 7) is 5.79. The maximum atomic E-state index is 11.9. The molecule has 1 heterocycles. The second-order valence-corrected chi connectivity index (χ2v) is 5.11. The lowest BCUT2D eigenvalue weighted by Crippen LogP contribution is -2.16. The zero-order chi connectivity index (χ0) is 14.0. The van der Waals surface area contributed by atoms with Gasteiger partial charge in [0, 0.05) is 22.6 Å². The van der Waals surface area contributed by atoms with Crippen LogP contribution in [-0.4, -0.2) is 9.97 Å². The molecule has 0 aliphatic heterocycles. The molecule has 0 saturated heterocycles. The van der Waals surface area contributed by atoms with Crippen molar-refractivity contribution in [3.8, 4) is 11.3 Å². The van der Waals surface area contributed by atoms with Crippen LogP contribution in [0.4, 0.5) is 0 Å². The van der Waals surface area contributed by atoms with Gasteiger partial charge < -0.3 is 4.98 Å². The zero-order valence-electron chi connectivity index (χ0n) is 11.4. The van der Waals surface area contributed by atoms with E-state index in [0.29, 0.717) is 16.3 Å². The topological polar surface area (TPSA) is 45.8 Å². The number of nitrogens with one attached hydrogen (secondary N) is 1. The lowest BCUT2D eigenvalue weighted by atomic mass is 10.1. The summed E-state index contributed by atoms with van der Waals surface area (Å²) >= 11 is 6.14. The molecule has 2 aromatic rings. The quantitative estimate of drug-likeness (QED) is 0.930. The number of nitrogens with zero attached hydrogens (tertiary/aromatic N) is 1. The van der Waals surface area contributed by atoms with Crippen LogP contribution in [0.5, 0.6) is 0 Å². The Morgan fingerprint density at radius 3 is 2.68 bits per heavy atom. The van der Waals surface area contributed by atoms with E-state index in [1.165, 1.54) is 0 Å². The molecule has 0 aliphatic rings. The van der Waals surface area contributed by atoms with E-state index in [0.717, 1.165) is 29.8 Å². The second-order valence-electron chi connectivity index (χ2n) is 4.70. The van der Waals surface area contributed by atoms with E-state index in [9.17, 15) is 4.79 Å². The SMILES string of the molecule is CCCc1nc(-c2ccc(C)c(Cl)c2)c(C)c(=O)[nH]1. The summed E-state index contributed by atoms with van der Waals surface area (Å²) in [6.07, 6.45) is 1.71. The van der Waals surface area contributed by atoms with Crippen molar-refractivity contribution in [1.82, 2.24) is 9.97 Å². The molecule has 0 radical (unpaired) electrons. The van der Waals surface area contributed by atoms with Crippen LogP contribution in [0.1, 0.15) is 30.3 Å². The first-order chi connectivity index (χ1) is 9.02. The van der Waals surface area contributed by atoms with E-state index in [4.69, 9.17) is 11.6 Å². The summed E-state index contributed by atoms with van der Waals surface area (Å²) in [5, 5.41) is 0.691. The van der Waals surface area contributed by atoms with Crippen molar-refractivity contribution in [3.63, 3.8) is 0 Å². The lowest BCUT2D eigenvalue weighted by molar-refractivity contribution is 0.823. The third kappa shape index (κ3) is 2.87. The van der Waals surface area contributed by atoms with Gasteiger partial charge in [-0.3, -0.25) is 4.79 Å². The molecule has 19 heavy (non-hydrogen) atoms. The van der Waals surface area contributed by atoms with Crippen LogP contribution in [0.3, 0.4) is 0 Å². The van der Waals surface area contributed by atoms with E-state index in [2.05, 4.69) is 16.9 Å². The van der Waals surface area contributed by atoms with Crippen LogP contribution in [-0.2, 0) is 6.42 Å². The molecule has 2 rings (SSSR count). The molecule has 1 N–H and O–H groups in total. The average molecular weight is 277 g/mol. The van der Waals surface area contributed by atoms with Gasteiger partial charge in [-0.2, -0.15) is 0 Å². The molecular formula is C15H17ClN2O. The molecule has 1 aromatic carbocycles.